The van der Waals surface area contributed by atoms with Gasteiger partial charge in [0.25, 0.3) is 0 Å². The Labute approximate surface area is 102 Å². The van der Waals surface area contributed by atoms with Gasteiger partial charge in [0.05, 0.1) is 11.4 Å². The van der Waals surface area contributed by atoms with Gasteiger partial charge < -0.3 is 11.1 Å². The zero-order valence-electron chi connectivity index (χ0n) is 9.49. The smallest absolute Gasteiger partial charge is 0.228 e. The van der Waals surface area contributed by atoms with Gasteiger partial charge in [0.2, 0.25) is 5.91 Å². The van der Waals surface area contributed by atoms with Crippen molar-refractivity contribution in [1.29, 1.82) is 0 Å². The van der Waals surface area contributed by atoms with Crippen LogP contribution in [0.25, 0.3) is 0 Å². The second kappa shape index (κ2) is 4.34. The molecular weight excluding hydrogens is 224 g/mol. The molecule has 0 spiro atoms. The Morgan fingerprint density at radius 2 is 2.00 bits per heavy atom. The first-order chi connectivity index (χ1) is 7.00. The summed E-state index contributed by atoms with van der Waals surface area (Å²) in [6, 6.07) is 7.33. The van der Waals surface area contributed by atoms with E-state index in [0.717, 1.165) is 6.42 Å². The lowest BCUT2D eigenvalue weighted by Gasteiger charge is -2.08. The number of para-hydroxylation sites is 2. The van der Waals surface area contributed by atoms with Crippen LogP contribution in [0.2, 0.25) is 0 Å². The molecule has 0 radical (unpaired) electrons. The van der Waals surface area contributed by atoms with Crippen molar-refractivity contribution in [2.45, 2.75) is 20.3 Å². The number of carbonyl (C=O) groups is 1. The number of nitrogen functional groups attached to an aromatic ring is 1. The Hall–Kier alpha value is -1.22. The summed E-state index contributed by atoms with van der Waals surface area (Å²) in [7, 11) is 0. The molecule has 1 unspecified atom stereocenters. The minimum Gasteiger partial charge on any atom is -0.397 e. The van der Waals surface area contributed by atoms with Gasteiger partial charge in [-0.15, -0.1) is 12.4 Å². The van der Waals surface area contributed by atoms with Gasteiger partial charge in [0.1, 0.15) is 0 Å². The van der Waals surface area contributed by atoms with E-state index in [1.165, 1.54) is 0 Å². The van der Waals surface area contributed by atoms with Crippen molar-refractivity contribution < 1.29 is 4.79 Å². The molecule has 0 aliphatic heterocycles. The summed E-state index contributed by atoms with van der Waals surface area (Å²) in [5, 5.41) is 2.86. The summed E-state index contributed by atoms with van der Waals surface area (Å²) in [6.45, 7) is 4.21. The number of benzene rings is 1. The van der Waals surface area contributed by atoms with Crippen molar-refractivity contribution in [3.63, 3.8) is 0 Å². The van der Waals surface area contributed by atoms with Gasteiger partial charge in [-0.2, -0.15) is 0 Å². The maximum atomic E-state index is 11.8. The molecule has 1 fully saturated rings. The third-order valence-electron chi connectivity index (χ3n) is 3.05. The van der Waals surface area contributed by atoms with Crippen LogP contribution in [0.15, 0.2) is 24.3 Å². The molecule has 0 aromatic heterocycles. The summed E-state index contributed by atoms with van der Waals surface area (Å²) in [5.41, 5.74) is 7.23. The topological polar surface area (TPSA) is 55.1 Å². The van der Waals surface area contributed by atoms with E-state index in [9.17, 15) is 4.79 Å². The molecule has 3 N–H and O–H groups in total. The van der Waals surface area contributed by atoms with Crippen LogP contribution >= 0.6 is 12.4 Å². The molecule has 1 atom stereocenters. The Balaban J connectivity index is 0.00000128. The van der Waals surface area contributed by atoms with Crippen molar-refractivity contribution in [3.8, 4) is 0 Å². The summed E-state index contributed by atoms with van der Waals surface area (Å²) in [6.07, 6.45) is 0.964. The zero-order valence-corrected chi connectivity index (χ0v) is 10.3. The van der Waals surface area contributed by atoms with Gasteiger partial charge in [0, 0.05) is 5.92 Å². The van der Waals surface area contributed by atoms with Crippen LogP contribution in [0.4, 0.5) is 11.4 Å². The molecule has 16 heavy (non-hydrogen) atoms. The largest absolute Gasteiger partial charge is 0.397 e. The second-order valence-electron chi connectivity index (χ2n) is 4.82. The molecule has 1 aliphatic rings. The van der Waals surface area contributed by atoms with Crippen molar-refractivity contribution in [2.24, 2.45) is 11.3 Å². The van der Waals surface area contributed by atoms with Gasteiger partial charge in [-0.05, 0) is 24.0 Å². The van der Waals surface area contributed by atoms with E-state index in [4.69, 9.17) is 5.73 Å². The summed E-state index contributed by atoms with van der Waals surface area (Å²) in [4.78, 5) is 11.8. The number of hydrogen-bond acceptors (Lipinski definition) is 2. The molecule has 1 aliphatic carbocycles. The summed E-state index contributed by atoms with van der Waals surface area (Å²) in [5.74, 6) is 0.218. The molecule has 0 saturated heterocycles. The molecule has 1 aromatic carbocycles. The number of nitrogens with two attached hydrogens (primary N) is 1. The van der Waals surface area contributed by atoms with Crippen LogP contribution in [0, 0.1) is 11.3 Å². The first-order valence-electron chi connectivity index (χ1n) is 5.16. The third kappa shape index (κ3) is 2.47. The van der Waals surface area contributed by atoms with Gasteiger partial charge in [-0.3, -0.25) is 4.79 Å². The maximum absolute atomic E-state index is 11.8. The molecule has 0 heterocycles. The summed E-state index contributed by atoms with van der Waals surface area (Å²) >= 11 is 0. The van der Waals surface area contributed by atoms with Gasteiger partial charge in [-0.1, -0.05) is 26.0 Å². The highest BCUT2D eigenvalue weighted by Crippen LogP contribution is 2.52. The maximum Gasteiger partial charge on any atom is 0.228 e. The molecule has 1 amide bonds. The fraction of sp³-hybridized carbons (Fsp3) is 0.417. The molecular formula is C12H17ClN2O. The number of hydrogen-bond donors (Lipinski definition) is 2. The molecule has 88 valence electrons. The first-order valence-corrected chi connectivity index (χ1v) is 5.16. The average molecular weight is 241 g/mol. The fourth-order valence-electron chi connectivity index (χ4n) is 1.75. The van der Waals surface area contributed by atoms with E-state index >= 15 is 0 Å². The number of halogens is 1. The van der Waals surface area contributed by atoms with Crippen LogP contribution in [0.3, 0.4) is 0 Å². The Morgan fingerprint density at radius 1 is 1.44 bits per heavy atom. The van der Waals surface area contributed by atoms with Crippen LogP contribution in [-0.2, 0) is 4.79 Å². The van der Waals surface area contributed by atoms with E-state index < -0.39 is 0 Å². The molecule has 1 saturated carbocycles. The monoisotopic (exact) mass is 240 g/mol. The number of carbonyl (C=O) groups excluding carboxylic acids is 1. The first kappa shape index (κ1) is 12.8. The zero-order chi connectivity index (χ0) is 11.1. The van der Waals surface area contributed by atoms with Crippen LogP contribution < -0.4 is 11.1 Å². The van der Waals surface area contributed by atoms with E-state index in [2.05, 4.69) is 19.2 Å². The predicted octanol–water partition coefficient (Wildman–Crippen LogP) is 2.68. The standard InChI is InChI=1S/C12H16N2O.ClH/c1-12(2)7-8(12)11(15)14-10-6-4-3-5-9(10)13;/h3-6,8H,7,13H2,1-2H3,(H,14,15);1H. The van der Waals surface area contributed by atoms with E-state index in [1.54, 1.807) is 6.07 Å². The minimum atomic E-state index is 0. The Bertz CT molecular complexity index is 404. The Kier molecular flexibility index (Phi) is 3.48. The molecule has 1 aromatic rings. The van der Waals surface area contributed by atoms with E-state index in [0.29, 0.717) is 11.4 Å². The van der Waals surface area contributed by atoms with Crippen molar-refractivity contribution in [2.75, 3.05) is 11.1 Å². The lowest BCUT2D eigenvalue weighted by molar-refractivity contribution is -0.117. The number of rotatable bonds is 2. The van der Waals surface area contributed by atoms with Crippen molar-refractivity contribution in [3.05, 3.63) is 24.3 Å². The van der Waals surface area contributed by atoms with Gasteiger partial charge >= 0.3 is 0 Å². The Morgan fingerprint density at radius 3 is 2.50 bits per heavy atom. The molecule has 4 heteroatoms. The lowest BCUT2D eigenvalue weighted by atomic mass is 10.1. The number of anilines is 2. The normalized spacial score (nSPS) is 20.8. The van der Waals surface area contributed by atoms with Gasteiger partial charge in [0.15, 0.2) is 0 Å². The van der Waals surface area contributed by atoms with Crippen LogP contribution in [0.5, 0.6) is 0 Å². The second-order valence-corrected chi connectivity index (χ2v) is 4.82. The van der Waals surface area contributed by atoms with Crippen LogP contribution in [-0.4, -0.2) is 5.91 Å². The lowest BCUT2D eigenvalue weighted by Crippen LogP contribution is -2.17. The fourth-order valence-corrected chi connectivity index (χ4v) is 1.75. The SMILES string of the molecule is CC1(C)CC1C(=O)Nc1ccccc1N.Cl. The molecule has 0 bridgehead atoms. The van der Waals surface area contributed by atoms with Crippen LogP contribution in [0.1, 0.15) is 20.3 Å². The summed E-state index contributed by atoms with van der Waals surface area (Å²) < 4.78 is 0. The van der Waals surface area contributed by atoms with Crippen molar-refractivity contribution >= 4 is 29.7 Å². The van der Waals surface area contributed by atoms with Crippen molar-refractivity contribution in [1.82, 2.24) is 0 Å². The molecule has 3 nitrogen and oxygen atoms in total. The predicted molar refractivity (Wildman–Crippen MR) is 68.6 cm³/mol. The minimum absolute atomic E-state index is 0. The molecule has 2 rings (SSSR count). The number of amides is 1. The average Bonchev–Trinajstić information content (AvgIpc) is 2.79. The quantitative estimate of drug-likeness (QED) is 0.781. The number of nitrogens with one attached hydrogen (secondary N) is 1. The van der Waals surface area contributed by atoms with E-state index in [1.807, 2.05) is 18.2 Å². The highest BCUT2D eigenvalue weighted by molar-refractivity contribution is 5.97. The highest BCUT2D eigenvalue weighted by Gasteiger charge is 2.50. The van der Waals surface area contributed by atoms with Gasteiger partial charge in [-0.25, -0.2) is 0 Å². The third-order valence-corrected chi connectivity index (χ3v) is 3.05. The van der Waals surface area contributed by atoms with E-state index in [-0.39, 0.29) is 29.6 Å². The highest BCUT2D eigenvalue weighted by atomic mass is 35.5.